The largest absolute Gasteiger partial charge is 0.495 e. The number of carbonyl (C=O) groups is 1. The fraction of sp³-hybridized carbons (Fsp3) is 0.350. The van der Waals surface area contributed by atoms with Crippen LogP contribution in [0.25, 0.3) is 0 Å². The van der Waals surface area contributed by atoms with E-state index in [1.165, 1.54) is 13.2 Å². The number of hydrogen-bond donors (Lipinski definition) is 2. The standard InChI is InChI=1S/C20H25N3O4S/c1-14-10-11-15(21-20(24)17-8-6-12-23(17)2)13-19(14)28(25,26)22-16-7-4-5-9-18(16)27-3/h4-5,7,9-11,13,17,22H,6,8,12H2,1-3H3,(H,21,24). The van der Waals surface area contributed by atoms with Crippen LogP contribution in [-0.2, 0) is 14.8 Å². The van der Waals surface area contributed by atoms with Crippen molar-refractivity contribution in [1.82, 2.24) is 4.90 Å². The molecule has 1 saturated heterocycles. The van der Waals surface area contributed by atoms with Crippen molar-refractivity contribution in [3.63, 3.8) is 0 Å². The van der Waals surface area contributed by atoms with E-state index in [9.17, 15) is 13.2 Å². The summed E-state index contributed by atoms with van der Waals surface area (Å²) in [5.41, 5.74) is 1.39. The lowest BCUT2D eigenvalue weighted by molar-refractivity contribution is -0.119. The number of amides is 1. The number of nitrogens with one attached hydrogen (secondary N) is 2. The van der Waals surface area contributed by atoms with Crippen LogP contribution in [0.2, 0.25) is 0 Å². The van der Waals surface area contributed by atoms with Crippen LogP contribution in [0.15, 0.2) is 47.4 Å². The number of hydrogen-bond acceptors (Lipinski definition) is 5. The average Bonchev–Trinajstić information content (AvgIpc) is 3.09. The highest BCUT2D eigenvalue weighted by molar-refractivity contribution is 7.92. The molecule has 0 radical (unpaired) electrons. The van der Waals surface area contributed by atoms with Gasteiger partial charge in [-0.2, -0.15) is 0 Å². The van der Waals surface area contributed by atoms with Gasteiger partial charge in [-0.1, -0.05) is 18.2 Å². The minimum Gasteiger partial charge on any atom is -0.495 e. The molecule has 0 bridgehead atoms. The molecule has 2 N–H and O–H groups in total. The maximum absolute atomic E-state index is 12.9. The van der Waals surface area contributed by atoms with Gasteiger partial charge in [0.2, 0.25) is 5.91 Å². The minimum atomic E-state index is -3.86. The smallest absolute Gasteiger partial charge is 0.262 e. The SMILES string of the molecule is COc1ccccc1NS(=O)(=O)c1cc(NC(=O)C2CCCN2C)ccc1C. The van der Waals surface area contributed by atoms with E-state index in [0.29, 0.717) is 22.7 Å². The molecule has 3 rings (SSSR count). The second-order valence-corrected chi connectivity index (χ2v) is 8.56. The lowest BCUT2D eigenvalue weighted by atomic mass is 10.2. The monoisotopic (exact) mass is 403 g/mol. The van der Waals surface area contributed by atoms with E-state index in [4.69, 9.17) is 4.74 Å². The van der Waals surface area contributed by atoms with Crippen LogP contribution in [-0.4, -0.2) is 46.0 Å². The molecule has 1 heterocycles. The van der Waals surface area contributed by atoms with Crippen molar-refractivity contribution in [2.45, 2.75) is 30.7 Å². The highest BCUT2D eigenvalue weighted by Crippen LogP contribution is 2.28. The van der Waals surface area contributed by atoms with Crippen LogP contribution < -0.4 is 14.8 Å². The third-order valence-electron chi connectivity index (χ3n) is 4.92. The first-order valence-corrected chi connectivity index (χ1v) is 10.6. The Morgan fingerprint density at radius 2 is 1.96 bits per heavy atom. The summed E-state index contributed by atoms with van der Waals surface area (Å²) >= 11 is 0. The minimum absolute atomic E-state index is 0.107. The van der Waals surface area contributed by atoms with E-state index in [-0.39, 0.29) is 16.8 Å². The number of nitrogens with zero attached hydrogens (tertiary/aromatic N) is 1. The maximum atomic E-state index is 12.9. The van der Waals surface area contributed by atoms with Gasteiger partial charge < -0.3 is 10.1 Å². The summed E-state index contributed by atoms with van der Waals surface area (Å²) in [6.45, 7) is 2.60. The first-order valence-electron chi connectivity index (χ1n) is 9.09. The van der Waals surface area contributed by atoms with Crippen molar-refractivity contribution >= 4 is 27.3 Å². The fourth-order valence-corrected chi connectivity index (χ4v) is 4.71. The Labute approximate surface area is 165 Å². The number of para-hydroxylation sites is 2. The zero-order valence-corrected chi connectivity index (χ0v) is 17.0. The van der Waals surface area contributed by atoms with E-state index < -0.39 is 10.0 Å². The first kappa shape index (κ1) is 20.2. The quantitative estimate of drug-likeness (QED) is 0.774. The zero-order chi connectivity index (χ0) is 20.3. The van der Waals surface area contributed by atoms with Gasteiger partial charge >= 0.3 is 0 Å². The van der Waals surface area contributed by atoms with Crippen molar-refractivity contribution in [3.8, 4) is 5.75 Å². The molecule has 0 aliphatic carbocycles. The molecule has 1 fully saturated rings. The topological polar surface area (TPSA) is 87.7 Å². The Balaban J connectivity index is 1.85. The number of likely N-dealkylation sites (tertiary alicyclic amines) is 1. The highest BCUT2D eigenvalue weighted by Gasteiger charge is 2.28. The van der Waals surface area contributed by atoms with Gasteiger partial charge in [0.15, 0.2) is 0 Å². The normalized spacial score (nSPS) is 17.3. The van der Waals surface area contributed by atoms with Crippen molar-refractivity contribution in [2.75, 3.05) is 30.7 Å². The maximum Gasteiger partial charge on any atom is 0.262 e. The molecule has 1 unspecified atom stereocenters. The highest BCUT2D eigenvalue weighted by atomic mass is 32.2. The van der Waals surface area contributed by atoms with E-state index >= 15 is 0 Å². The summed E-state index contributed by atoms with van der Waals surface area (Å²) in [5.74, 6) is 0.308. The molecular formula is C20H25N3O4S. The van der Waals surface area contributed by atoms with Crippen LogP contribution >= 0.6 is 0 Å². The summed E-state index contributed by atoms with van der Waals surface area (Å²) < 4.78 is 33.7. The molecule has 1 aliphatic heterocycles. The van der Waals surface area contributed by atoms with Gasteiger partial charge in [-0.15, -0.1) is 0 Å². The predicted octanol–water partition coefficient (Wildman–Crippen LogP) is 2.84. The summed E-state index contributed by atoms with van der Waals surface area (Å²) in [6.07, 6.45) is 1.78. The summed E-state index contributed by atoms with van der Waals surface area (Å²) in [7, 11) is -0.460. The Morgan fingerprint density at radius 1 is 1.21 bits per heavy atom. The molecule has 1 aliphatic rings. The summed E-state index contributed by atoms with van der Waals surface area (Å²) in [4.78, 5) is 14.6. The van der Waals surface area contributed by atoms with E-state index in [0.717, 1.165) is 19.4 Å². The lowest BCUT2D eigenvalue weighted by Gasteiger charge is -2.19. The van der Waals surface area contributed by atoms with Gasteiger partial charge in [0.05, 0.1) is 23.7 Å². The molecule has 8 heteroatoms. The van der Waals surface area contributed by atoms with Gasteiger partial charge in [-0.3, -0.25) is 14.4 Å². The van der Waals surface area contributed by atoms with E-state index in [1.807, 2.05) is 11.9 Å². The van der Waals surface area contributed by atoms with Gasteiger partial charge in [0.25, 0.3) is 10.0 Å². The second-order valence-electron chi connectivity index (χ2n) is 6.91. The van der Waals surface area contributed by atoms with Crippen molar-refractivity contribution in [2.24, 2.45) is 0 Å². The number of aryl methyl sites for hydroxylation is 1. The number of ether oxygens (including phenoxy) is 1. The predicted molar refractivity (Wildman–Crippen MR) is 109 cm³/mol. The summed E-state index contributed by atoms with van der Waals surface area (Å²) in [6, 6.07) is 11.5. The van der Waals surface area contributed by atoms with Gasteiger partial charge in [-0.25, -0.2) is 8.42 Å². The van der Waals surface area contributed by atoms with Crippen molar-refractivity contribution in [1.29, 1.82) is 0 Å². The number of carbonyl (C=O) groups excluding carboxylic acids is 1. The van der Waals surface area contributed by atoms with E-state index in [1.54, 1.807) is 43.3 Å². The van der Waals surface area contributed by atoms with Crippen molar-refractivity contribution < 1.29 is 17.9 Å². The molecule has 0 spiro atoms. The Morgan fingerprint density at radius 3 is 2.64 bits per heavy atom. The third-order valence-corrected chi connectivity index (χ3v) is 6.43. The first-order chi connectivity index (χ1) is 13.3. The lowest BCUT2D eigenvalue weighted by Crippen LogP contribution is -2.37. The zero-order valence-electron chi connectivity index (χ0n) is 16.2. The summed E-state index contributed by atoms with van der Waals surface area (Å²) in [5, 5.41) is 2.84. The van der Waals surface area contributed by atoms with Gasteiger partial charge in [-0.05, 0) is 63.2 Å². The molecule has 1 atom stereocenters. The molecule has 150 valence electrons. The van der Waals surface area contributed by atoms with Crippen LogP contribution in [0.4, 0.5) is 11.4 Å². The third kappa shape index (κ3) is 4.28. The number of rotatable bonds is 6. The van der Waals surface area contributed by atoms with Crippen LogP contribution in [0.3, 0.4) is 0 Å². The fourth-order valence-electron chi connectivity index (χ4n) is 3.36. The number of methoxy groups -OCH3 is 1. The molecule has 2 aromatic carbocycles. The molecular weight excluding hydrogens is 378 g/mol. The molecule has 0 aromatic heterocycles. The number of benzene rings is 2. The van der Waals surface area contributed by atoms with Gasteiger partial charge in [0.1, 0.15) is 5.75 Å². The molecule has 28 heavy (non-hydrogen) atoms. The average molecular weight is 404 g/mol. The number of sulfonamides is 1. The molecule has 1 amide bonds. The van der Waals surface area contributed by atoms with Crippen LogP contribution in [0.1, 0.15) is 18.4 Å². The number of likely N-dealkylation sites (N-methyl/N-ethyl adjacent to an activating group) is 1. The van der Waals surface area contributed by atoms with Gasteiger partial charge in [0, 0.05) is 5.69 Å². The van der Waals surface area contributed by atoms with Crippen LogP contribution in [0.5, 0.6) is 5.75 Å². The Hall–Kier alpha value is -2.58. The number of anilines is 2. The molecule has 0 saturated carbocycles. The molecule has 2 aromatic rings. The van der Waals surface area contributed by atoms with Crippen LogP contribution in [0, 0.1) is 6.92 Å². The van der Waals surface area contributed by atoms with E-state index in [2.05, 4.69) is 10.0 Å². The second kappa shape index (κ2) is 8.20. The molecule has 7 nitrogen and oxygen atoms in total. The van der Waals surface area contributed by atoms with Crippen molar-refractivity contribution in [3.05, 3.63) is 48.0 Å². The Kier molecular flexibility index (Phi) is 5.90. The Bertz CT molecular complexity index is 975.